The smallest absolute Gasteiger partial charge is 0.289 e. The number of ether oxygens (including phenoxy) is 1. The van der Waals surface area contributed by atoms with Crippen LogP contribution >= 0.6 is 0 Å². The molecule has 0 bridgehead atoms. The summed E-state index contributed by atoms with van der Waals surface area (Å²) in [5.74, 6) is 2.06. The monoisotopic (exact) mass is 435 g/mol. The molecule has 0 N–H and O–H groups in total. The molecule has 2 fully saturated rings. The third kappa shape index (κ3) is 4.96. The first kappa shape index (κ1) is 21.9. The van der Waals surface area contributed by atoms with Gasteiger partial charge in [0, 0.05) is 32.1 Å². The highest BCUT2D eigenvalue weighted by molar-refractivity contribution is 5.91. The average Bonchev–Trinajstić information content (AvgIpc) is 3.31. The van der Waals surface area contributed by atoms with E-state index >= 15 is 0 Å². The first-order valence-electron chi connectivity index (χ1n) is 11.3. The Morgan fingerprint density at radius 1 is 1.03 bits per heavy atom. The molecule has 32 heavy (non-hydrogen) atoms. The van der Waals surface area contributed by atoms with Crippen LogP contribution in [0.3, 0.4) is 0 Å². The summed E-state index contributed by atoms with van der Waals surface area (Å²) < 4.78 is 11.4. The zero-order chi connectivity index (χ0) is 22.5. The van der Waals surface area contributed by atoms with Gasteiger partial charge in [-0.3, -0.25) is 9.59 Å². The van der Waals surface area contributed by atoms with Crippen LogP contribution in [-0.4, -0.2) is 47.8 Å². The summed E-state index contributed by atoms with van der Waals surface area (Å²) in [6.07, 6.45) is 3.54. The Kier molecular flexibility index (Phi) is 6.79. The first-order valence-corrected chi connectivity index (χ1v) is 11.3. The van der Waals surface area contributed by atoms with Gasteiger partial charge in [-0.1, -0.05) is 19.1 Å². The molecule has 2 aromatic rings. The number of carbonyl (C=O) groups is 2. The lowest BCUT2D eigenvalue weighted by molar-refractivity contribution is -0.138. The van der Waals surface area contributed by atoms with Crippen LogP contribution < -0.4 is 4.74 Å². The van der Waals surface area contributed by atoms with E-state index in [1.165, 1.54) is 0 Å². The molecule has 2 amide bonds. The third-order valence-corrected chi connectivity index (χ3v) is 6.48. The number of furan rings is 1. The van der Waals surface area contributed by atoms with Gasteiger partial charge < -0.3 is 19.0 Å². The Hall–Kier alpha value is -3.27. The second kappa shape index (κ2) is 9.90. The Bertz CT molecular complexity index is 993. The minimum atomic E-state index is -0.161. The highest BCUT2D eigenvalue weighted by atomic mass is 16.5. The standard InChI is InChI=1S/C25H29N3O4/c1-18-8-12-27(13-9-18)24(29)19-10-14-28(15-11-19)25(30)23-7-6-21(32-23)17-31-22-5-3-2-4-20(22)16-26/h2-7,18-19H,8-15,17H2,1H3. The Morgan fingerprint density at radius 2 is 1.72 bits per heavy atom. The second-order valence-electron chi connectivity index (χ2n) is 8.74. The molecule has 0 atom stereocenters. The molecule has 0 unspecified atom stereocenters. The van der Waals surface area contributed by atoms with Gasteiger partial charge in [0.25, 0.3) is 5.91 Å². The molecule has 1 aromatic heterocycles. The number of amides is 2. The number of nitrogens with zero attached hydrogens (tertiary/aromatic N) is 3. The summed E-state index contributed by atoms with van der Waals surface area (Å²) in [5, 5.41) is 9.15. The van der Waals surface area contributed by atoms with Gasteiger partial charge in [-0.15, -0.1) is 0 Å². The van der Waals surface area contributed by atoms with Crippen molar-refractivity contribution in [3.8, 4) is 11.8 Å². The largest absolute Gasteiger partial charge is 0.484 e. The molecule has 7 nitrogen and oxygen atoms in total. The van der Waals surface area contributed by atoms with Crippen LogP contribution in [0.15, 0.2) is 40.8 Å². The maximum absolute atomic E-state index is 12.9. The van der Waals surface area contributed by atoms with Crippen molar-refractivity contribution in [3.05, 3.63) is 53.5 Å². The van der Waals surface area contributed by atoms with Gasteiger partial charge in [-0.05, 0) is 55.9 Å². The summed E-state index contributed by atoms with van der Waals surface area (Å²) in [7, 11) is 0. The van der Waals surface area contributed by atoms with Crippen LogP contribution in [0.5, 0.6) is 5.75 Å². The highest BCUT2D eigenvalue weighted by Gasteiger charge is 2.32. The molecule has 1 aromatic carbocycles. The van der Waals surface area contributed by atoms with E-state index < -0.39 is 0 Å². The Balaban J connectivity index is 1.28. The minimum absolute atomic E-state index is 0.00761. The van der Waals surface area contributed by atoms with E-state index in [1.807, 2.05) is 4.90 Å². The molecule has 2 aliphatic rings. The van der Waals surface area contributed by atoms with Crippen molar-refractivity contribution in [1.82, 2.24) is 9.80 Å². The Labute approximate surface area is 188 Å². The molecule has 2 saturated heterocycles. The molecule has 3 heterocycles. The number of carbonyl (C=O) groups excluding carboxylic acids is 2. The number of likely N-dealkylation sites (tertiary alicyclic amines) is 2. The number of nitriles is 1. The molecule has 0 radical (unpaired) electrons. The molecule has 2 aliphatic heterocycles. The fourth-order valence-electron chi connectivity index (χ4n) is 4.38. The summed E-state index contributed by atoms with van der Waals surface area (Å²) in [5.41, 5.74) is 0.451. The fourth-order valence-corrected chi connectivity index (χ4v) is 4.38. The van der Waals surface area contributed by atoms with Crippen LogP contribution in [0.25, 0.3) is 0 Å². The van der Waals surface area contributed by atoms with Crippen LogP contribution in [0.4, 0.5) is 0 Å². The number of piperidine rings is 2. The quantitative estimate of drug-likeness (QED) is 0.712. The van der Waals surface area contributed by atoms with Crippen molar-refractivity contribution in [2.75, 3.05) is 26.2 Å². The molecule has 4 rings (SSSR count). The maximum Gasteiger partial charge on any atom is 0.289 e. The van der Waals surface area contributed by atoms with E-state index in [1.54, 1.807) is 41.3 Å². The molecule has 0 spiro atoms. The predicted molar refractivity (Wildman–Crippen MR) is 118 cm³/mol. The van der Waals surface area contributed by atoms with Gasteiger partial charge in [-0.2, -0.15) is 5.26 Å². The second-order valence-corrected chi connectivity index (χ2v) is 8.74. The fraction of sp³-hybridized carbons (Fsp3) is 0.480. The average molecular weight is 436 g/mol. The van der Waals surface area contributed by atoms with Crippen molar-refractivity contribution in [3.63, 3.8) is 0 Å². The van der Waals surface area contributed by atoms with E-state index in [-0.39, 0.29) is 30.1 Å². The van der Waals surface area contributed by atoms with Gasteiger partial charge in [0.1, 0.15) is 24.2 Å². The summed E-state index contributed by atoms with van der Waals surface area (Å²) >= 11 is 0. The van der Waals surface area contributed by atoms with E-state index in [0.717, 1.165) is 25.9 Å². The number of hydrogen-bond donors (Lipinski definition) is 0. The van der Waals surface area contributed by atoms with E-state index in [9.17, 15) is 9.59 Å². The zero-order valence-electron chi connectivity index (χ0n) is 18.5. The lowest BCUT2D eigenvalue weighted by Crippen LogP contribution is -2.46. The van der Waals surface area contributed by atoms with Crippen LogP contribution in [0.1, 0.15) is 54.5 Å². The van der Waals surface area contributed by atoms with E-state index in [0.29, 0.717) is 48.9 Å². The predicted octanol–water partition coefficient (Wildman–Crippen LogP) is 3.84. The van der Waals surface area contributed by atoms with Gasteiger partial charge >= 0.3 is 0 Å². The molecule has 0 saturated carbocycles. The summed E-state index contributed by atoms with van der Waals surface area (Å²) in [6.45, 7) is 5.20. The molecular formula is C25H29N3O4. The van der Waals surface area contributed by atoms with Gasteiger partial charge in [0.15, 0.2) is 5.76 Å². The van der Waals surface area contributed by atoms with Crippen LogP contribution in [0, 0.1) is 23.2 Å². The maximum atomic E-state index is 12.9. The number of hydrogen-bond acceptors (Lipinski definition) is 5. The normalized spacial score (nSPS) is 17.8. The van der Waals surface area contributed by atoms with Crippen molar-refractivity contribution in [1.29, 1.82) is 5.26 Å². The number of para-hydroxylation sites is 1. The topological polar surface area (TPSA) is 86.8 Å². The zero-order valence-corrected chi connectivity index (χ0v) is 18.5. The lowest BCUT2D eigenvalue weighted by Gasteiger charge is -2.36. The van der Waals surface area contributed by atoms with Crippen molar-refractivity contribution < 1.29 is 18.7 Å². The number of benzene rings is 1. The molecule has 0 aliphatic carbocycles. The highest BCUT2D eigenvalue weighted by Crippen LogP contribution is 2.25. The molecule has 7 heteroatoms. The SMILES string of the molecule is CC1CCN(C(=O)C2CCN(C(=O)c3ccc(COc4ccccc4C#N)o3)CC2)CC1. The van der Waals surface area contributed by atoms with Crippen LogP contribution in [-0.2, 0) is 11.4 Å². The minimum Gasteiger partial charge on any atom is -0.484 e. The van der Waals surface area contributed by atoms with Gasteiger partial charge in [0.05, 0.1) is 5.56 Å². The van der Waals surface area contributed by atoms with Crippen molar-refractivity contribution >= 4 is 11.8 Å². The molecular weight excluding hydrogens is 406 g/mol. The first-order chi connectivity index (χ1) is 15.5. The summed E-state index contributed by atoms with van der Waals surface area (Å²) in [4.78, 5) is 29.4. The summed E-state index contributed by atoms with van der Waals surface area (Å²) in [6, 6.07) is 12.5. The third-order valence-electron chi connectivity index (χ3n) is 6.48. The van der Waals surface area contributed by atoms with Gasteiger partial charge in [-0.25, -0.2) is 0 Å². The van der Waals surface area contributed by atoms with Crippen molar-refractivity contribution in [2.24, 2.45) is 11.8 Å². The van der Waals surface area contributed by atoms with E-state index in [2.05, 4.69) is 13.0 Å². The van der Waals surface area contributed by atoms with Crippen molar-refractivity contribution in [2.45, 2.75) is 39.2 Å². The van der Waals surface area contributed by atoms with Gasteiger partial charge in [0.2, 0.25) is 5.91 Å². The molecule has 168 valence electrons. The number of rotatable bonds is 5. The lowest BCUT2D eigenvalue weighted by atomic mass is 9.92. The van der Waals surface area contributed by atoms with Crippen LogP contribution in [0.2, 0.25) is 0 Å². The van der Waals surface area contributed by atoms with E-state index in [4.69, 9.17) is 14.4 Å². The Morgan fingerprint density at radius 3 is 2.44 bits per heavy atom.